The quantitative estimate of drug-likeness (QED) is 0.386. The summed E-state index contributed by atoms with van der Waals surface area (Å²) in [6.45, 7) is 8.29. The van der Waals surface area contributed by atoms with Crippen LogP contribution in [-0.2, 0) is 12.7 Å². The number of hydrogen-bond acceptors (Lipinski definition) is 7. The molecule has 0 radical (unpaired) electrons. The highest BCUT2D eigenvalue weighted by molar-refractivity contribution is 8.07. The highest BCUT2D eigenvalue weighted by Crippen LogP contribution is 2.34. The summed E-state index contributed by atoms with van der Waals surface area (Å²) in [5, 5.41) is 7.67. The van der Waals surface area contributed by atoms with Crippen molar-refractivity contribution in [2.45, 2.75) is 33.0 Å². The Hall–Kier alpha value is -3.79. The third kappa shape index (κ3) is 7.60. The van der Waals surface area contributed by atoms with E-state index in [0.29, 0.717) is 46.7 Å². The molecule has 1 fully saturated rings. The van der Waals surface area contributed by atoms with Crippen molar-refractivity contribution in [1.82, 2.24) is 29.7 Å². The van der Waals surface area contributed by atoms with Gasteiger partial charge in [-0.15, -0.1) is 5.10 Å². The largest absolute Gasteiger partial charge is 0.480 e. The Bertz CT molecular complexity index is 1610. The first-order valence-corrected chi connectivity index (χ1v) is 14.9. The molecule has 2 aliphatic heterocycles. The van der Waals surface area contributed by atoms with Crippen molar-refractivity contribution in [3.63, 3.8) is 0 Å². The van der Waals surface area contributed by atoms with E-state index in [1.54, 1.807) is 22.8 Å². The smallest absolute Gasteiger partial charge is 0.416 e. The van der Waals surface area contributed by atoms with E-state index in [9.17, 15) is 18.0 Å². The number of imidazole rings is 1. The molecule has 0 spiro atoms. The summed E-state index contributed by atoms with van der Waals surface area (Å²) < 4.78 is 49.1. The molecule has 4 heterocycles. The average Bonchev–Trinajstić information content (AvgIpc) is 3.31. The molecule has 0 bridgehead atoms. The second-order valence-electron chi connectivity index (χ2n) is 10.5. The van der Waals surface area contributed by atoms with E-state index in [0.717, 1.165) is 25.7 Å². The number of thioether (sulfide) groups is 1. The lowest BCUT2D eigenvalue weighted by Crippen LogP contribution is -2.45. The fourth-order valence-corrected chi connectivity index (χ4v) is 5.90. The number of alkyl halides is 3. The van der Waals surface area contributed by atoms with E-state index in [4.69, 9.17) is 4.74 Å². The van der Waals surface area contributed by atoms with Gasteiger partial charge < -0.3 is 15.0 Å². The minimum atomic E-state index is -4.58. The van der Waals surface area contributed by atoms with Crippen molar-refractivity contribution in [2.75, 3.05) is 39.8 Å². The molecular weight excluding hydrogens is 577 g/mol. The molecule has 8 nitrogen and oxygen atoms in total. The molecule has 1 amide bonds. The van der Waals surface area contributed by atoms with Crippen molar-refractivity contribution in [2.24, 2.45) is 5.92 Å². The van der Waals surface area contributed by atoms with Gasteiger partial charge in [0.25, 0.3) is 5.91 Å². The van der Waals surface area contributed by atoms with Crippen LogP contribution in [0.3, 0.4) is 0 Å². The molecular formula is C31H33F3N6O2S. The lowest BCUT2D eigenvalue weighted by atomic mass is 10.0. The minimum absolute atomic E-state index is 0.0481. The number of nitrogens with one attached hydrogen (secondary N) is 1. The molecule has 0 aliphatic carbocycles. The van der Waals surface area contributed by atoms with Crippen LogP contribution >= 0.6 is 11.8 Å². The number of carbonyl (C=O) groups is 1. The summed E-state index contributed by atoms with van der Waals surface area (Å²) in [6.07, 6.45) is 1.55. The molecule has 5 rings (SSSR count). The number of hydrogen-bond donors (Lipinski definition) is 1. The number of halogens is 3. The lowest BCUT2D eigenvalue weighted by Gasteiger charge is -2.34. The molecule has 1 aromatic carbocycles. The predicted octanol–water partition coefficient (Wildman–Crippen LogP) is 5.17. The van der Waals surface area contributed by atoms with Gasteiger partial charge in [-0.1, -0.05) is 49.7 Å². The fourth-order valence-electron chi connectivity index (χ4n) is 4.94. The van der Waals surface area contributed by atoms with Gasteiger partial charge in [0.2, 0.25) is 5.88 Å². The Morgan fingerprint density at radius 2 is 1.91 bits per heavy atom. The number of likely N-dealkylation sites (N-methyl/N-ethyl adjacent to an activating group) is 1. The van der Waals surface area contributed by atoms with E-state index in [1.165, 1.54) is 31.0 Å². The number of ether oxygens (including phenoxy) is 1. The summed E-state index contributed by atoms with van der Waals surface area (Å²) in [5.41, 5.74) is 0.531. The monoisotopic (exact) mass is 610 g/mol. The number of aromatic nitrogens is 3. The van der Waals surface area contributed by atoms with Crippen molar-refractivity contribution in [1.29, 1.82) is 0 Å². The summed E-state index contributed by atoms with van der Waals surface area (Å²) in [6, 6.07) is 7.34. The first-order valence-electron chi connectivity index (χ1n) is 14.1. The van der Waals surface area contributed by atoms with Crippen LogP contribution in [0.25, 0.3) is 5.65 Å². The van der Waals surface area contributed by atoms with Gasteiger partial charge in [-0.05, 0) is 48.6 Å². The average molecular weight is 611 g/mol. The van der Waals surface area contributed by atoms with Gasteiger partial charge in [-0.2, -0.15) is 13.2 Å². The molecule has 1 unspecified atom stereocenters. The number of piperazine rings is 1. The Labute approximate surface area is 253 Å². The molecule has 1 N–H and O–H groups in total. The zero-order chi connectivity index (χ0) is 30.6. The summed E-state index contributed by atoms with van der Waals surface area (Å²) in [7, 11) is 1.53. The fraction of sp³-hybridized carbons (Fsp3) is 0.387. The SMILES string of the molecule is CCN1CCN(Cc2ccc(C(=O)NC3=CCC(C)C=C(C#Cc4cnc5ccc(OC)nn45)S3)cc2C(F)(F)F)CC1. The first kappa shape index (κ1) is 30.7. The summed E-state index contributed by atoms with van der Waals surface area (Å²) in [4.78, 5) is 22.5. The Morgan fingerprint density at radius 1 is 1.14 bits per heavy atom. The van der Waals surface area contributed by atoms with E-state index in [2.05, 4.69) is 39.1 Å². The van der Waals surface area contributed by atoms with E-state index in [-0.39, 0.29) is 23.6 Å². The number of benzene rings is 1. The van der Waals surface area contributed by atoms with Crippen LogP contribution in [0.2, 0.25) is 0 Å². The van der Waals surface area contributed by atoms with Gasteiger partial charge >= 0.3 is 6.18 Å². The highest BCUT2D eigenvalue weighted by atomic mass is 32.2. The van der Waals surface area contributed by atoms with Crippen LogP contribution < -0.4 is 10.1 Å². The molecule has 1 saturated heterocycles. The van der Waals surface area contributed by atoms with Crippen LogP contribution in [-0.4, -0.2) is 70.1 Å². The van der Waals surface area contributed by atoms with Crippen molar-refractivity contribution >= 4 is 23.3 Å². The molecule has 2 aromatic heterocycles. The second kappa shape index (κ2) is 13.2. The first-order chi connectivity index (χ1) is 20.6. The Kier molecular flexibility index (Phi) is 9.44. The maximum absolute atomic E-state index is 14.1. The molecule has 0 saturated carbocycles. The van der Waals surface area contributed by atoms with Crippen LogP contribution in [0.4, 0.5) is 13.2 Å². The van der Waals surface area contributed by atoms with Gasteiger partial charge in [0.05, 0.1) is 28.8 Å². The summed E-state index contributed by atoms with van der Waals surface area (Å²) in [5.74, 6) is 6.18. The van der Waals surface area contributed by atoms with E-state index < -0.39 is 17.6 Å². The Morgan fingerprint density at radius 3 is 2.63 bits per heavy atom. The van der Waals surface area contributed by atoms with Crippen LogP contribution in [0.5, 0.6) is 5.88 Å². The number of methoxy groups -OCH3 is 1. The summed E-state index contributed by atoms with van der Waals surface area (Å²) >= 11 is 1.26. The van der Waals surface area contributed by atoms with Crippen molar-refractivity contribution < 1.29 is 22.7 Å². The van der Waals surface area contributed by atoms with Crippen LogP contribution in [0.1, 0.15) is 47.4 Å². The number of nitrogens with zero attached hydrogens (tertiary/aromatic N) is 5. The topological polar surface area (TPSA) is 75.0 Å². The standard InChI is InChI=1S/C31H33F3N6O2S/c1-4-38-13-15-39(16-14-38)20-23-7-6-22(18-26(23)31(32,33)34)30(41)36-29-12-5-21(2)17-25(43-29)9-8-24-19-35-27-10-11-28(42-3)37-40(24)27/h6-7,10-12,17-19,21H,4-5,13-16,20H2,1-3H3,(H,36,41). The number of rotatable bonds is 6. The van der Waals surface area contributed by atoms with E-state index in [1.807, 2.05) is 24.0 Å². The molecule has 2 aliphatic rings. The van der Waals surface area contributed by atoms with Crippen molar-refractivity contribution in [3.05, 3.63) is 81.0 Å². The predicted molar refractivity (Wildman–Crippen MR) is 160 cm³/mol. The third-order valence-corrected chi connectivity index (χ3v) is 8.36. The third-order valence-electron chi connectivity index (χ3n) is 7.41. The zero-order valence-electron chi connectivity index (χ0n) is 24.2. The van der Waals surface area contributed by atoms with Gasteiger partial charge in [-0.25, -0.2) is 9.50 Å². The minimum Gasteiger partial charge on any atom is -0.480 e. The van der Waals surface area contributed by atoms with Gasteiger partial charge in [-0.3, -0.25) is 9.69 Å². The zero-order valence-corrected chi connectivity index (χ0v) is 25.1. The van der Waals surface area contributed by atoms with Crippen molar-refractivity contribution in [3.8, 4) is 17.7 Å². The highest BCUT2D eigenvalue weighted by Gasteiger charge is 2.35. The lowest BCUT2D eigenvalue weighted by molar-refractivity contribution is -0.138. The molecule has 12 heteroatoms. The molecule has 43 heavy (non-hydrogen) atoms. The number of fused-ring (bicyclic) bond motifs is 1. The number of allylic oxidation sites excluding steroid dienone is 3. The molecule has 3 aromatic rings. The number of amides is 1. The molecule has 226 valence electrons. The maximum Gasteiger partial charge on any atom is 0.416 e. The maximum atomic E-state index is 14.1. The van der Waals surface area contributed by atoms with Crippen LogP contribution in [0, 0.1) is 17.8 Å². The molecule has 1 atom stereocenters. The second-order valence-corrected chi connectivity index (χ2v) is 11.6. The van der Waals surface area contributed by atoms with E-state index >= 15 is 0 Å². The van der Waals surface area contributed by atoms with Gasteiger partial charge in [0.1, 0.15) is 5.69 Å². The Balaban J connectivity index is 1.30. The number of carbonyl (C=O) groups excluding carboxylic acids is 1. The van der Waals surface area contributed by atoms with Crippen LogP contribution in [0.15, 0.2) is 58.6 Å². The van der Waals surface area contributed by atoms with Gasteiger partial charge in [0.15, 0.2) is 5.65 Å². The van der Waals surface area contributed by atoms with Gasteiger partial charge in [0, 0.05) is 44.4 Å². The normalized spacial score (nSPS) is 18.3.